The highest BCUT2D eigenvalue weighted by molar-refractivity contribution is 5.75. The lowest BCUT2D eigenvalue weighted by Gasteiger charge is -2.21. The van der Waals surface area contributed by atoms with Crippen molar-refractivity contribution in [2.24, 2.45) is 0 Å². The fraction of sp³-hybridized carbons (Fsp3) is 0.462. The lowest BCUT2D eigenvalue weighted by molar-refractivity contribution is 0.443. The molecule has 1 nitrogen and oxygen atoms in total. The first-order valence-corrected chi connectivity index (χ1v) is 5.38. The quantitative estimate of drug-likeness (QED) is 0.695. The summed E-state index contributed by atoms with van der Waals surface area (Å²) in [6, 6.07) is 7.90. The summed E-state index contributed by atoms with van der Waals surface area (Å²) in [6.07, 6.45) is 8.62. The van der Waals surface area contributed by atoms with Gasteiger partial charge in [-0.25, -0.2) is 0 Å². The Morgan fingerprint density at radius 2 is 1.64 bits per heavy atom. The molecule has 1 radical (unpaired) electrons. The molecule has 0 unspecified atom stereocenters. The van der Waals surface area contributed by atoms with Crippen molar-refractivity contribution in [3.05, 3.63) is 35.4 Å². The summed E-state index contributed by atoms with van der Waals surface area (Å²) < 4.78 is 0. The normalized spacial score (nSPS) is 18.0. The first-order valence-electron chi connectivity index (χ1n) is 5.38. The molecule has 0 saturated heterocycles. The molecular weight excluding hydrogens is 172 g/mol. The number of benzene rings is 1. The van der Waals surface area contributed by atoms with Crippen molar-refractivity contribution < 1.29 is 4.79 Å². The van der Waals surface area contributed by atoms with E-state index in [0.717, 1.165) is 5.92 Å². The summed E-state index contributed by atoms with van der Waals surface area (Å²) in [5.41, 5.74) is 2.05. The largest absolute Gasteiger partial charge is 0.285 e. The second-order valence-corrected chi connectivity index (χ2v) is 4.06. The summed E-state index contributed by atoms with van der Waals surface area (Å²) in [5.74, 6) is 0.726. The maximum Gasteiger partial charge on any atom is 0.233 e. The summed E-state index contributed by atoms with van der Waals surface area (Å²) in [5, 5.41) is 0. The molecule has 0 spiro atoms. The average molecular weight is 187 g/mol. The number of hydrogen-bond acceptors (Lipinski definition) is 1. The predicted octanol–water partition coefficient (Wildman–Crippen LogP) is 3.19. The Balaban J connectivity index is 2.11. The van der Waals surface area contributed by atoms with Crippen LogP contribution in [0.5, 0.6) is 0 Å². The van der Waals surface area contributed by atoms with Gasteiger partial charge in [0.25, 0.3) is 0 Å². The Hall–Kier alpha value is -1.11. The van der Waals surface area contributed by atoms with E-state index < -0.39 is 0 Å². The van der Waals surface area contributed by atoms with Gasteiger partial charge >= 0.3 is 0 Å². The first-order chi connectivity index (χ1) is 6.90. The Morgan fingerprint density at radius 3 is 2.21 bits per heavy atom. The van der Waals surface area contributed by atoms with Gasteiger partial charge in [-0.15, -0.1) is 0 Å². The van der Waals surface area contributed by atoms with Crippen LogP contribution in [0.3, 0.4) is 0 Å². The maximum absolute atomic E-state index is 10.4. The third-order valence-electron chi connectivity index (χ3n) is 3.11. The van der Waals surface area contributed by atoms with Gasteiger partial charge in [-0.3, -0.25) is 4.79 Å². The van der Waals surface area contributed by atoms with Crippen molar-refractivity contribution in [3.8, 4) is 0 Å². The summed E-state index contributed by atoms with van der Waals surface area (Å²) in [4.78, 5) is 10.4. The van der Waals surface area contributed by atoms with E-state index in [1.54, 1.807) is 0 Å². The molecule has 0 heterocycles. The number of carbonyl (C=O) groups excluding carboxylic acids is 1. The topological polar surface area (TPSA) is 17.1 Å². The molecule has 0 aromatic heterocycles. The van der Waals surface area contributed by atoms with Crippen LogP contribution in [-0.4, -0.2) is 6.29 Å². The van der Waals surface area contributed by atoms with Gasteiger partial charge < -0.3 is 0 Å². The predicted molar refractivity (Wildman–Crippen MR) is 57.1 cm³/mol. The molecule has 14 heavy (non-hydrogen) atoms. The molecule has 0 atom stereocenters. The fourth-order valence-electron chi connectivity index (χ4n) is 2.26. The fourth-order valence-corrected chi connectivity index (χ4v) is 2.26. The second-order valence-electron chi connectivity index (χ2n) is 4.06. The van der Waals surface area contributed by atoms with Gasteiger partial charge in [0, 0.05) is 5.56 Å². The van der Waals surface area contributed by atoms with Gasteiger partial charge in [-0.2, -0.15) is 0 Å². The first kappa shape index (κ1) is 9.45. The molecule has 1 aromatic carbocycles. The second kappa shape index (κ2) is 4.41. The molecule has 0 amide bonds. The van der Waals surface area contributed by atoms with Gasteiger partial charge in [-0.1, -0.05) is 43.5 Å². The van der Waals surface area contributed by atoms with E-state index in [4.69, 9.17) is 0 Å². The van der Waals surface area contributed by atoms with Crippen LogP contribution in [0, 0.1) is 0 Å². The van der Waals surface area contributed by atoms with E-state index in [2.05, 4.69) is 12.1 Å². The summed E-state index contributed by atoms with van der Waals surface area (Å²) in [7, 11) is 0. The van der Waals surface area contributed by atoms with E-state index >= 15 is 0 Å². The van der Waals surface area contributed by atoms with E-state index in [1.165, 1.54) is 37.7 Å². The van der Waals surface area contributed by atoms with Crippen LogP contribution in [0.1, 0.15) is 49.1 Å². The Kier molecular flexibility index (Phi) is 2.97. The van der Waals surface area contributed by atoms with Crippen LogP contribution in [0.4, 0.5) is 0 Å². The van der Waals surface area contributed by atoms with Crippen LogP contribution >= 0.6 is 0 Å². The molecule has 1 aromatic rings. The molecule has 1 saturated carbocycles. The molecule has 0 N–H and O–H groups in total. The van der Waals surface area contributed by atoms with Crippen molar-refractivity contribution in [2.75, 3.05) is 0 Å². The van der Waals surface area contributed by atoms with E-state index in [0.29, 0.717) is 5.56 Å². The van der Waals surface area contributed by atoms with E-state index in [9.17, 15) is 4.79 Å². The molecule has 1 fully saturated rings. The SMILES string of the molecule is O=[C]c1ccc(C2CCCCC2)cc1. The Morgan fingerprint density at radius 1 is 1.00 bits per heavy atom. The van der Waals surface area contributed by atoms with E-state index in [-0.39, 0.29) is 0 Å². The van der Waals surface area contributed by atoms with Crippen LogP contribution in [0.25, 0.3) is 0 Å². The molecule has 2 rings (SSSR count). The lowest BCUT2D eigenvalue weighted by atomic mass is 9.84. The molecule has 0 bridgehead atoms. The zero-order valence-electron chi connectivity index (χ0n) is 8.33. The molecule has 73 valence electrons. The van der Waals surface area contributed by atoms with Gasteiger partial charge in [-0.05, 0) is 24.3 Å². The smallest absolute Gasteiger partial charge is 0.233 e. The third-order valence-corrected chi connectivity index (χ3v) is 3.11. The molecular formula is C13H15O. The highest BCUT2D eigenvalue weighted by Crippen LogP contribution is 2.32. The van der Waals surface area contributed by atoms with Crippen molar-refractivity contribution in [3.63, 3.8) is 0 Å². The minimum absolute atomic E-state index is 0.657. The minimum Gasteiger partial charge on any atom is -0.285 e. The Bertz CT molecular complexity index is 294. The van der Waals surface area contributed by atoms with Crippen LogP contribution in [0.15, 0.2) is 24.3 Å². The zero-order chi connectivity index (χ0) is 9.80. The molecule has 0 aliphatic heterocycles. The average Bonchev–Trinajstić information content (AvgIpc) is 2.30. The maximum atomic E-state index is 10.4. The standard InChI is InChI=1S/C13H15O/c14-10-11-6-8-13(9-7-11)12-4-2-1-3-5-12/h6-9,12H,1-5H2. The highest BCUT2D eigenvalue weighted by Gasteiger charge is 2.14. The van der Waals surface area contributed by atoms with Crippen LogP contribution in [-0.2, 0) is 4.79 Å². The van der Waals surface area contributed by atoms with Gasteiger partial charge in [0.2, 0.25) is 6.29 Å². The highest BCUT2D eigenvalue weighted by atomic mass is 16.1. The van der Waals surface area contributed by atoms with Gasteiger partial charge in [0.1, 0.15) is 0 Å². The van der Waals surface area contributed by atoms with Crippen LogP contribution in [0.2, 0.25) is 0 Å². The minimum atomic E-state index is 0.657. The molecule has 1 aliphatic rings. The lowest BCUT2D eigenvalue weighted by Crippen LogP contribution is -2.04. The molecule has 1 heteroatoms. The van der Waals surface area contributed by atoms with Crippen molar-refractivity contribution in [1.29, 1.82) is 0 Å². The van der Waals surface area contributed by atoms with Gasteiger partial charge in [0.05, 0.1) is 0 Å². The number of hydrogen-bond donors (Lipinski definition) is 0. The van der Waals surface area contributed by atoms with Crippen LogP contribution < -0.4 is 0 Å². The van der Waals surface area contributed by atoms with Crippen molar-refractivity contribution in [1.82, 2.24) is 0 Å². The summed E-state index contributed by atoms with van der Waals surface area (Å²) >= 11 is 0. The Labute approximate surface area is 85.1 Å². The molecule has 1 aliphatic carbocycles. The van der Waals surface area contributed by atoms with E-state index in [1.807, 2.05) is 18.4 Å². The number of rotatable bonds is 2. The van der Waals surface area contributed by atoms with Crippen molar-refractivity contribution >= 4 is 6.29 Å². The van der Waals surface area contributed by atoms with Crippen molar-refractivity contribution in [2.45, 2.75) is 38.0 Å². The zero-order valence-corrected chi connectivity index (χ0v) is 8.33. The van der Waals surface area contributed by atoms with Gasteiger partial charge in [0.15, 0.2) is 0 Å². The third kappa shape index (κ3) is 2.03. The summed E-state index contributed by atoms with van der Waals surface area (Å²) in [6.45, 7) is 0. The monoisotopic (exact) mass is 187 g/mol.